The Kier molecular flexibility index (Phi) is 3.02. The Balaban J connectivity index is 2.02. The fraction of sp³-hybridized carbons (Fsp3) is 0.417. The molecule has 15 heavy (non-hydrogen) atoms. The minimum absolute atomic E-state index is 0.0325. The molecule has 3 heteroatoms. The summed E-state index contributed by atoms with van der Waals surface area (Å²) in [4.78, 5) is 10.9. The lowest BCUT2D eigenvalue weighted by atomic mass is 9.91. The van der Waals surface area contributed by atoms with Gasteiger partial charge < -0.3 is 9.84 Å². The first-order valence-corrected chi connectivity index (χ1v) is 5.16. The second-order valence-electron chi connectivity index (χ2n) is 3.84. The summed E-state index contributed by atoms with van der Waals surface area (Å²) in [5.41, 5.74) is 0.889. The lowest BCUT2D eigenvalue weighted by Gasteiger charge is -2.26. The molecule has 1 saturated heterocycles. The van der Waals surface area contributed by atoms with E-state index in [9.17, 15) is 9.90 Å². The van der Waals surface area contributed by atoms with Crippen LogP contribution in [0, 0.1) is 5.92 Å². The molecule has 0 aromatic heterocycles. The van der Waals surface area contributed by atoms with Gasteiger partial charge in [0.1, 0.15) is 0 Å². The van der Waals surface area contributed by atoms with Gasteiger partial charge in [0.2, 0.25) is 0 Å². The quantitative estimate of drug-likeness (QED) is 0.749. The van der Waals surface area contributed by atoms with Gasteiger partial charge in [0.15, 0.2) is 0 Å². The van der Waals surface area contributed by atoms with Crippen LogP contribution in [0.15, 0.2) is 30.3 Å². The molecule has 0 bridgehead atoms. The highest BCUT2D eigenvalue weighted by atomic mass is 16.5. The van der Waals surface area contributed by atoms with Gasteiger partial charge in [0, 0.05) is 12.3 Å². The molecule has 1 aliphatic rings. The molecule has 0 aliphatic carbocycles. The van der Waals surface area contributed by atoms with Crippen molar-refractivity contribution in [2.45, 2.75) is 18.9 Å². The van der Waals surface area contributed by atoms with Crippen molar-refractivity contribution in [1.29, 1.82) is 0 Å². The van der Waals surface area contributed by atoms with Crippen molar-refractivity contribution in [1.82, 2.24) is 0 Å². The molecule has 1 aliphatic heterocycles. The van der Waals surface area contributed by atoms with Gasteiger partial charge in [-0.2, -0.15) is 0 Å². The summed E-state index contributed by atoms with van der Waals surface area (Å²) in [5.74, 6) is -0.128. The monoisotopic (exact) mass is 206 g/mol. The van der Waals surface area contributed by atoms with Gasteiger partial charge in [0.25, 0.3) is 0 Å². The number of cyclic esters (lactones) is 1. The number of ether oxygens (including phenoxy) is 1. The normalized spacial score (nSPS) is 23.3. The van der Waals surface area contributed by atoms with Crippen molar-refractivity contribution >= 4 is 5.97 Å². The molecular weight excluding hydrogens is 192 g/mol. The van der Waals surface area contributed by atoms with Gasteiger partial charge in [-0.1, -0.05) is 30.3 Å². The van der Waals surface area contributed by atoms with Crippen LogP contribution in [0.1, 0.15) is 24.5 Å². The van der Waals surface area contributed by atoms with Crippen LogP contribution in [0.2, 0.25) is 0 Å². The van der Waals surface area contributed by atoms with Gasteiger partial charge >= 0.3 is 5.97 Å². The van der Waals surface area contributed by atoms with E-state index in [0.717, 1.165) is 5.56 Å². The molecule has 0 amide bonds. The number of hydrogen-bond donors (Lipinski definition) is 1. The van der Waals surface area contributed by atoms with Crippen molar-refractivity contribution in [2.75, 3.05) is 6.61 Å². The van der Waals surface area contributed by atoms with Crippen LogP contribution in [-0.4, -0.2) is 17.7 Å². The maximum Gasteiger partial charge on any atom is 0.305 e. The number of aliphatic hydroxyl groups is 1. The third kappa shape index (κ3) is 2.36. The molecule has 80 valence electrons. The maximum absolute atomic E-state index is 10.9. The number of rotatable bonds is 2. The summed E-state index contributed by atoms with van der Waals surface area (Å²) in [6.07, 6.45) is 0.586. The first-order chi connectivity index (χ1) is 7.27. The van der Waals surface area contributed by atoms with Gasteiger partial charge in [0.05, 0.1) is 12.7 Å². The minimum atomic E-state index is -0.528. The predicted octanol–water partition coefficient (Wildman–Crippen LogP) is 1.67. The molecule has 0 unspecified atom stereocenters. The van der Waals surface area contributed by atoms with Crippen LogP contribution in [0.4, 0.5) is 0 Å². The highest BCUT2D eigenvalue weighted by Gasteiger charge is 2.26. The average molecular weight is 206 g/mol. The summed E-state index contributed by atoms with van der Waals surface area (Å²) in [6.45, 7) is 0.328. The van der Waals surface area contributed by atoms with Crippen molar-refractivity contribution in [3.05, 3.63) is 35.9 Å². The topological polar surface area (TPSA) is 46.5 Å². The van der Waals surface area contributed by atoms with E-state index in [0.29, 0.717) is 19.4 Å². The summed E-state index contributed by atoms with van der Waals surface area (Å²) < 4.78 is 4.93. The van der Waals surface area contributed by atoms with Gasteiger partial charge in [-0.25, -0.2) is 0 Å². The Morgan fingerprint density at radius 3 is 2.67 bits per heavy atom. The number of benzene rings is 1. The average Bonchev–Trinajstić information content (AvgIpc) is 2.30. The predicted molar refractivity (Wildman–Crippen MR) is 55.1 cm³/mol. The highest BCUT2D eigenvalue weighted by Crippen LogP contribution is 2.28. The summed E-state index contributed by atoms with van der Waals surface area (Å²) >= 11 is 0. The number of hydrogen-bond acceptors (Lipinski definition) is 3. The zero-order chi connectivity index (χ0) is 10.7. The van der Waals surface area contributed by atoms with E-state index in [4.69, 9.17) is 4.74 Å². The fourth-order valence-electron chi connectivity index (χ4n) is 1.83. The Bertz CT molecular complexity index is 324. The maximum atomic E-state index is 10.9. The van der Waals surface area contributed by atoms with Crippen molar-refractivity contribution < 1.29 is 14.6 Å². The fourth-order valence-corrected chi connectivity index (χ4v) is 1.83. The Hall–Kier alpha value is -1.35. The van der Waals surface area contributed by atoms with Crippen molar-refractivity contribution in [2.24, 2.45) is 5.92 Å². The number of esters is 1. The largest absolute Gasteiger partial charge is 0.465 e. The van der Waals surface area contributed by atoms with E-state index >= 15 is 0 Å². The van der Waals surface area contributed by atoms with E-state index in [1.54, 1.807) is 0 Å². The molecule has 2 rings (SSSR count). The van der Waals surface area contributed by atoms with Gasteiger partial charge in [-0.05, 0) is 12.0 Å². The molecule has 0 spiro atoms. The lowest BCUT2D eigenvalue weighted by molar-refractivity contribution is -0.152. The van der Waals surface area contributed by atoms with Crippen LogP contribution in [0.25, 0.3) is 0 Å². The molecule has 0 radical (unpaired) electrons. The van der Waals surface area contributed by atoms with Crippen LogP contribution >= 0.6 is 0 Å². The van der Waals surface area contributed by atoms with Crippen molar-refractivity contribution in [3.63, 3.8) is 0 Å². The third-order valence-electron chi connectivity index (χ3n) is 2.77. The SMILES string of the molecule is O=C1CC[C@@H]([C@@H](O)c2ccccc2)CO1. The molecule has 1 aromatic rings. The summed E-state index contributed by atoms with van der Waals surface area (Å²) in [5, 5.41) is 10.0. The second-order valence-corrected chi connectivity index (χ2v) is 3.84. The van der Waals surface area contributed by atoms with Crippen LogP contribution in [0.3, 0.4) is 0 Å². The van der Waals surface area contributed by atoms with E-state index < -0.39 is 6.10 Å². The molecule has 0 saturated carbocycles. The minimum Gasteiger partial charge on any atom is -0.465 e. The first kappa shape index (κ1) is 10.2. The van der Waals surface area contributed by atoms with Gasteiger partial charge in [-0.3, -0.25) is 4.79 Å². The van der Waals surface area contributed by atoms with E-state index in [-0.39, 0.29) is 11.9 Å². The molecule has 1 N–H and O–H groups in total. The van der Waals surface area contributed by atoms with Crippen LogP contribution in [0.5, 0.6) is 0 Å². The third-order valence-corrected chi connectivity index (χ3v) is 2.77. The van der Waals surface area contributed by atoms with E-state index in [1.807, 2.05) is 30.3 Å². The molecule has 3 nitrogen and oxygen atoms in total. The standard InChI is InChI=1S/C12H14O3/c13-11-7-6-10(8-15-11)12(14)9-4-2-1-3-5-9/h1-5,10,12,14H,6-8H2/t10-,12+/m1/s1. The van der Waals surface area contributed by atoms with Gasteiger partial charge in [-0.15, -0.1) is 0 Å². The molecule has 1 aromatic carbocycles. The molecule has 1 heterocycles. The lowest BCUT2D eigenvalue weighted by Crippen LogP contribution is -2.26. The molecule has 2 atom stereocenters. The Morgan fingerprint density at radius 2 is 2.07 bits per heavy atom. The molecule has 1 fully saturated rings. The van der Waals surface area contributed by atoms with E-state index in [1.165, 1.54) is 0 Å². The zero-order valence-corrected chi connectivity index (χ0v) is 8.43. The zero-order valence-electron chi connectivity index (χ0n) is 8.43. The Morgan fingerprint density at radius 1 is 1.33 bits per heavy atom. The summed E-state index contributed by atoms with van der Waals surface area (Å²) in [7, 11) is 0. The number of carbonyl (C=O) groups is 1. The van der Waals surface area contributed by atoms with Crippen LogP contribution in [-0.2, 0) is 9.53 Å². The van der Waals surface area contributed by atoms with Crippen LogP contribution < -0.4 is 0 Å². The first-order valence-electron chi connectivity index (χ1n) is 5.16. The second kappa shape index (κ2) is 4.45. The Labute approximate surface area is 88.7 Å². The smallest absolute Gasteiger partial charge is 0.305 e. The number of aliphatic hydroxyl groups excluding tert-OH is 1. The highest BCUT2D eigenvalue weighted by molar-refractivity contribution is 5.70. The van der Waals surface area contributed by atoms with Crippen molar-refractivity contribution in [3.8, 4) is 0 Å². The number of carbonyl (C=O) groups excluding carboxylic acids is 1. The van der Waals surface area contributed by atoms with E-state index in [2.05, 4.69) is 0 Å². The summed E-state index contributed by atoms with van der Waals surface area (Å²) in [6, 6.07) is 9.49. The molecular formula is C12H14O3.